The van der Waals surface area contributed by atoms with Crippen molar-refractivity contribution in [3.8, 4) is 0 Å². The van der Waals surface area contributed by atoms with Crippen molar-refractivity contribution in [1.29, 1.82) is 0 Å². The van der Waals surface area contributed by atoms with Crippen LogP contribution in [0.1, 0.15) is 0 Å². The van der Waals surface area contributed by atoms with Gasteiger partial charge in [0, 0.05) is 0 Å². The predicted molar refractivity (Wildman–Crippen MR) is 57.8 cm³/mol. The van der Waals surface area contributed by atoms with Crippen LogP contribution < -0.4 is 0 Å². The van der Waals surface area contributed by atoms with Crippen molar-refractivity contribution >= 4 is 0 Å². The van der Waals surface area contributed by atoms with Crippen LogP contribution in [-0.2, 0) is 14.2 Å². The van der Waals surface area contributed by atoms with Crippen molar-refractivity contribution in [2.75, 3.05) is 13.2 Å². The zero-order valence-corrected chi connectivity index (χ0v) is 10.3. The van der Waals surface area contributed by atoms with Crippen LogP contribution in [0.2, 0.25) is 0 Å². The molecule has 20 heavy (non-hydrogen) atoms. The molecule has 2 unspecified atom stereocenters. The fourth-order valence-corrected chi connectivity index (χ4v) is 2.15. The van der Waals surface area contributed by atoms with Gasteiger partial charge in [0.15, 0.2) is 12.4 Å². The molecule has 7 N–H and O–H groups in total. The highest BCUT2D eigenvalue weighted by Gasteiger charge is 2.58. The molecule has 118 valence electrons. The normalized spacial score (nSPS) is 52.6. The fraction of sp³-hybridized carbons (Fsp3) is 1.00. The van der Waals surface area contributed by atoms with Gasteiger partial charge in [-0.1, -0.05) is 0 Å². The van der Waals surface area contributed by atoms with Crippen molar-refractivity contribution in [3.63, 3.8) is 0 Å². The minimum absolute atomic E-state index is 0.595. The lowest BCUT2D eigenvalue weighted by atomic mass is 10.1. The van der Waals surface area contributed by atoms with Crippen molar-refractivity contribution in [2.45, 2.75) is 48.9 Å². The SMILES string of the molecule is OC[C@H]1OC(OC2(O)O[C@H](CO)[C@@H](O)[C@H]2O)[C@H](O)[C@@H]1O. The Labute approximate surface area is 113 Å². The molecule has 0 bridgehead atoms. The highest BCUT2D eigenvalue weighted by Crippen LogP contribution is 2.34. The highest BCUT2D eigenvalue weighted by molar-refractivity contribution is 4.93. The van der Waals surface area contributed by atoms with E-state index in [0.717, 1.165) is 0 Å². The van der Waals surface area contributed by atoms with Crippen molar-refractivity contribution in [1.82, 2.24) is 0 Å². The van der Waals surface area contributed by atoms with Crippen LogP contribution in [0.25, 0.3) is 0 Å². The van der Waals surface area contributed by atoms with E-state index in [-0.39, 0.29) is 0 Å². The molecule has 2 aliphatic rings. The number of aliphatic hydroxyl groups is 7. The highest BCUT2D eigenvalue weighted by atomic mass is 16.9. The van der Waals surface area contributed by atoms with Crippen LogP contribution in [0.15, 0.2) is 0 Å². The van der Waals surface area contributed by atoms with Gasteiger partial charge in [-0.3, -0.25) is 4.74 Å². The monoisotopic (exact) mass is 298 g/mol. The van der Waals surface area contributed by atoms with Gasteiger partial charge in [0.05, 0.1) is 13.2 Å². The Morgan fingerprint density at radius 3 is 1.95 bits per heavy atom. The second-order valence-corrected chi connectivity index (χ2v) is 4.73. The lowest BCUT2D eigenvalue weighted by Gasteiger charge is -2.29. The number of hydrogen-bond donors (Lipinski definition) is 7. The van der Waals surface area contributed by atoms with Gasteiger partial charge in [-0.05, 0) is 0 Å². The average molecular weight is 298 g/mol. The van der Waals surface area contributed by atoms with E-state index in [2.05, 4.69) is 0 Å². The number of aliphatic hydroxyl groups excluding tert-OH is 6. The zero-order valence-electron chi connectivity index (χ0n) is 10.3. The van der Waals surface area contributed by atoms with Gasteiger partial charge in [0.1, 0.15) is 30.5 Å². The molecule has 2 aliphatic heterocycles. The Kier molecular flexibility index (Phi) is 4.61. The standard InChI is InChI=1S/C10H18O10/c11-1-3-5(13)7(15)9(18-3)20-10(17)8(16)6(14)4(2-12)19-10/h3-9,11-17H,1-2H2/t3-,4-,5-,6-,7-,8-,9?,10?/m1/s1. The largest absolute Gasteiger partial charge is 0.394 e. The first kappa shape index (κ1) is 16.0. The Balaban J connectivity index is 2.06. The number of rotatable bonds is 4. The molecule has 2 saturated heterocycles. The Bertz CT molecular complexity index is 340. The van der Waals surface area contributed by atoms with Gasteiger partial charge >= 0.3 is 5.97 Å². The average Bonchev–Trinajstić information content (AvgIpc) is 2.81. The third-order valence-electron chi connectivity index (χ3n) is 3.36. The molecule has 0 aromatic rings. The fourth-order valence-electron chi connectivity index (χ4n) is 2.15. The Morgan fingerprint density at radius 1 is 0.900 bits per heavy atom. The van der Waals surface area contributed by atoms with Crippen LogP contribution in [0.5, 0.6) is 0 Å². The third kappa shape index (κ3) is 2.55. The summed E-state index contributed by atoms with van der Waals surface area (Å²) in [7, 11) is 0. The van der Waals surface area contributed by atoms with Crippen molar-refractivity contribution < 1.29 is 50.0 Å². The maximum Gasteiger partial charge on any atom is 0.313 e. The molecule has 2 fully saturated rings. The second-order valence-electron chi connectivity index (χ2n) is 4.73. The van der Waals surface area contributed by atoms with E-state index in [1.54, 1.807) is 0 Å². The summed E-state index contributed by atoms with van der Waals surface area (Å²) in [6.07, 6.45) is -10.6. The van der Waals surface area contributed by atoms with E-state index >= 15 is 0 Å². The quantitative estimate of drug-likeness (QED) is 0.250. The van der Waals surface area contributed by atoms with E-state index in [1.807, 2.05) is 0 Å². The summed E-state index contributed by atoms with van der Waals surface area (Å²) >= 11 is 0. The van der Waals surface area contributed by atoms with E-state index < -0.39 is 62.1 Å². The molecule has 2 rings (SSSR count). The molecule has 0 radical (unpaired) electrons. The summed E-state index contributed by atoms with van der Waals surface area (Å²) in [6, 6.07) is 0. The first-order chi connectivity index (χ1) is 9.34. The number of hydrogen-bond acceptors (Lipinski definition) is 10. The van der Waals surface area contributed by atoms with Gasteiger partial charge in [-0.25, -0.2) is 0 Å². The smallest absolute Gasteiger partial charge is 0.313 e. The van der Waals surface area contributed by atoms with Gasteiger partial charge in [-0.15, -0.1) is 0 Å². The molecule has 0 amide bonds. The molecule has 0 aromatic carbocycles. The molecule has 0 aliphatic carbocycles. The molecule has 10 nitrogen and oxygen atoms in total. The summed E-state index contributed by atoms with van der Waals surface area (Å²) in [4.78, 5) is 0. The molecule has 2 heterocycles. The lowest BCUT2D eigenvalue weighted by molar-refractivity contribution is -0.420. The van der Waals surface area contributed by atoms with Crippen LogP contribution in [0.3, 0.4) is 0 Å². The summed E-state index contributed by atoms with van der Waals surface area (Å²) in [5, 5.41) is 66.1. The summed E-state index contributed by atoms with van der Waals surface area (Å²) < 4.78 is 14.6. The topological polar surface area (TPSA) is 169 Å². The molecular weight excluding hydrogens is 280 g/mol. The Morgan fingerprint density at radius 2 is 1.50 bits per heavy atom. The first-order valence-electron chi connectivity index (χ1n) is 6.01. The molecule has 10 heteroatoms. The van der Waals surface area contributed by atoms with Crippen molar-refractivity contribution in [2.24, 2.45) is 0 Å². The molecule has 8 atom stereocenters. The molecule has 0 aromatic heterocycles. The van der Waals surface area contributed by atoms with Gasteiger partial charge < -0.3 is 45.2 Å². The van der Waals surface area contributed by atoms with Gasteiger partial charge in [0.2, 0.25) is 0 Å². The molecule has 0 spiro atoms. The number of ether oxygens (including phenoxy) is 3. The van der Waals surface area contributed by atoms with E-state index in [9.17, 15) is 25.5 Å². The lowest BCUT2D eigenvalue weighted by Crippen LogP contribution is -2.50. The summed E-state index contributed by atoms with van der Waals surface area (Å²) in [5.74, 6) is -2.72. The van der Waals surface area contributed by atoms with Crippen molar-refractivity contribution in [3.05, 3.63) is 0 Å². The van der Waals surface area contributed by atoms with Gasteiger partial charge in [-0.2, -0.15) is 0 Å². The van der Waals surface area contributed by atoms with Crippen LogP contribution in [0.4, 0.5) is 0 Å². The predicted octanol–water partition coefficient (Wildman–Crippen LogP) is -4.80. The van der Waals surface area contributed by atoms with Crippen LogP contribution >= 0.6 is 0 Å². The van der Waals surface area contributed by atoms with E-state index in [1.165, 1.54) is 0 Å². The van der Waals surface area contributed by atoms with Crippen LogP contribution in [-0.4, -0.2) is 97.8 Å². The van der Waals surface area contributed by atoms with Gasteiger partial charge in [0.25, 0.3) is 0 Å². The van der Waals surface area contributed by atoms with E-state index in [4.69, 9.17) is 24.4 Å². The zero-order chi connectivity index (χ0) is 15.1. The minimum Gasteiger partial charge on any atom is -0.394 e. The summed E-state index contributed by atoms with van der Waals surface area (Å²) in [5.41, 5.74) is 0. The molecule has 0 saturated carbocycles. The van der Waals surface area contributed by atoms with Crippen LogP contribution in [0, 0.1) is 0 Å². The Hall–Kier alpha value is -0.400. The second kappa shape index (κ2) is 5.77. The minimum atomic E-state index is -2.72. The summed E-state index contributed by atoms with van der Waals surface area (Å²) in [6.45, 7) is -1.28. The molecular formula is C10H18O10. The maximum absolute atomic E-state index is 9.95. The third-order valence-corrected chi connectivity index (χ3v) is 3.36. The first-order valence-corrected chi connectivity index (χ1v) is 6.01. The van der Waals surface area contributed by atoms with E-state index in [0.29, 0.717) is 0 Å². The maximum atomic E-state index is 9.95.